The van der Waals surface area contributed by atoms with E-state index >= 15 is 0 Å². The quantitative estimate of drug-likeness (QED) is 0.367. The van der Waals surface area contributed by atoms with Crippen LogP contribution in [0.5, 0.6) is 0 Å². The van der Waals surface area contributed by atoms with E-state index in [1.807, 2.05) is 0 Å². The van der Waals surface area contributed by atoms with Crippen LogP contribution in [0.2, 0.25) is 0 Å². The molecule has 1 aromatic heterocycles. The van der Waals surface area contributed by atoms with Crippen molar-refractivity contribution >= 4 is 18.0 Å². The predicted molar refractivity (Wildman–Crippen MR) is 87.5 cm³/mol. The lowest BCUT2D eigenvalue weighted by molar-refractivity contribution is -0.169. The third-order valence-corrected chi connectivity index (χ3v) is 4.18. The van der Waals surface area contributed by atoms with Gasteiger partial charge in [-0.3, -0.25) is 4.79 Å². The Kier molecular flexibility index (Phi) is 6.75. The van der Waals surface area contributed by atoms with Crippen molar-refractivity contribution in [2.45, 2.75) is 43.3 Å². The van der Waals surface area contributed by atoms with E-state index in [2.05, 4.69) is 9.97 Å². The van der Waals surface area contributed by atoms with Gasteiger partial charge in [-0.25, -0.2) is 14.8 Å². The normalized spacial score (nSPS) is 22.2. The Morgan fingerprint density at radius 1 is 1.12 bits per heavy atom. The maximum absolute atomic E-state index is 12.4. The summed E-state index contributed by atoms with van der Waals surface area (Å²) in [7, 11) is 0. The van der Waals surface area contributed by atoms with E-state index in [0.717, 1.165) is 5.56 Å². The number of carbonyl (C=O) groups excluding carboxylic acids is 1. The van der Waals surface area contributed by atoms with Crippen molar-refractivity contribution < 1.29 is 35.1 Å². The molecule has 1 amide bonds. The van der Waals surface area contributed by atoms with E-state index < -0.39 is 36.3 Å². The minimum Gasteiger partial charge on any atom is -0.479 e. The summed E-state index contributed by atoms with van der Waals surface area (Å²) < 4.78 is 0. The zero-order chi connectivity index (χ0) is 19.3. The third-order valence-electron chi connectivity index (χ3n) is 4.18. The highest BCUT2D eigenvalue weighted by Gasteiger charge is 2.40. The highest BCUT2D eigenvalue weighted by Crippen LogP contribution is 2.21. The molecule has 0 aliphatic carbocycles. The molecule has 4 unspecified atom stereocenters. The van der Waals surface area contributed by atoms with Crippen LogP contribution in [0, 0.1) is 0 Å². The third kappa shape index (κ3) is 4.61. The summed E-state index contributed by atoms with van der Waals surface area (Å²) in [6.45, 7) is 0.334. The van der Waals surface area contributed by atoms with Gasteiger partial charge in [-0.2, -0.15) is 0 Å². The first-order valence-corrected chi connectivity index (χ1v) is 8.01. The molecule has 0 saturated carbocycles. The maximum Gasteiger partial charge on any atom is 0.335 e. The zero-order valence-electron chi connectivity index (χ0n) is 13.8. The number of carboxylic acid groups (broad SMARTS) is 1. The minimum absolute atomic E-state index is 0.334. The molecule has 10 nitrogen and oxygen atoms in total. The maximum atomic E-state index is 12.4. The molecule has 1 aliphatic heterocycles. The number of aliphatic carboxylic acids is 1. The highest BCUT2D eigenvalue weighted by atomic mass is 16.4. The lowest BCUT2D eigenvalue weighted by atomic mass is 10.0. The molecular formula is C16H21N3O7. The van der Waals surface area contributed by atoms with Gasteiger partial charge in [0.05, 0.1) is 6.04 Å². The van der Waals surface area contributed by atoms with Gasteiger partial charge in [-0.05, 0) is 12.8 Å². The van der Waals surface area contributed by atoms with Gasteiger partial charge in [0.1, 0.15) is 18.5 Å². The molecule has 26 heavy (non-hydrogen) atoms. The van der Waals surface area contributed by atoms with Crippen LogP contribution in [0.4, 0.5) is 0 Å². The molecule has 0 spiro atoms. The lowest BCUT2D eigenvalue weighted by Gasteiger charge is -2.29. The van der Waals surface area contributed by atoms with Gasteiger partial charge in [0, 0.05) is 24.5 Å². The van der Waals surface area contributed by atoms with Crippen molar-refractivity contribution in [3.63, 3.8) is 0 Å². The largest absolute Gasteiger partial charge is 0.479 e. The number of hydrogen-bond donors (Lipinski definition) is 5. The van der Waals surface area contributed by atoms with Crippen LogP contribution < -0.4 is 0 Å². The second-order valence-corrected chi connectivity index (χ2v) is 5.98. The molecule has 1 aliphatic rings. The van der Waals surface area contributed by atoms with E-state index in [1.165, 1.54) is 11.2 Å². The second kappa shape index (κ2) is 8.81. The molecular weight excluding hydrogens is 346 g/mol. The Bertz CT molecular complexity index is 655. The van der Waals surface area contributed by atoms with Gasteiger partial charge in [0.15, 0.2) is 12.2 Å². The van der Waals surface area contributed by atoms with Crippen molar-refractivity contribution in [3.05, 3.63) is 30.4 Å². The molecule has 2 heterocycles. The Morgan fingerprint density at radius 3 is 2.35 bits per heavy atom. The second-order valence-electron chi connectivity index (χ2n) is 5.98. The molecule has 142 valence electrons. The van der Waals surface area contributed by atoms with Crippen LogP contribution >= 0.6 is 0 Å². The van der Waals surface area contributed by atoms with Gasteiger partial charge in [0.2, 0.25) is 0 Å². The van der Waals surface area contributed by atoms with Gasteiger partial charge >= 0.3 is 5.97 Å². The van der Waals surface area contributed by atoms with E-state index in [9.17, 15) is 30.0 Å². The fraction of sp³-hybridized carbons (Fsp3) is 0.500. The van der Waals surface area contributed by atoms with Crippen LogP contribution in [-0.2, 0) is 9.59 Å². The van der Waals surface area contributed by atoms with Crippen LogP contribution in [-0.4, -0.2) is 89.3 Å². The van der Waals surface area contributed by atoms with Crippen LogP contribution in [0.25, 0.3) is 6.08 Å². The number of rotatable bonds is 7. The van der Waals surface area contributed by atoms with Crippen LogP contribution in [0.1, 0.15) is 18.4 Å². The number of carbonyl (C=O) groups is 2. The van der Waals surface area contributed by atoms with E-state index in [4.69, 9.17) is 5.11 Å². The standard InChI is InChI=1S/C16H21N3O7/c20-11(12(21)14(23)16(25)26)13(22)15(24)19-5-1-2-10(19)4-3-9-6-17-8-18-7-9/h3-4,6-8,10-14,20-23H,1-2,5H2,(H,25,26)/b4-3+/t10-,11?,12?,13?,14?/m1/s1. The van der Waals surface area contributed by atoms with Crippen molar-refractivity contribution in [1.29, 1.82) is 0 Å². The first-order chi connectivity index (χ1) is 12.3. The summed E-state index contributed by atoms with van der Waals surface area (Å²) in [6.07, 6.45) is 0.622. The van der Waals surface area contributed by atoms with Gasteiger partial charge in [-0.15, -0.1) is 0 Å². The summed E-state index contributed by atoms with van der Waals surface area (Å²) >= 11 is 0. The van der Waals surface area contributed by atoms with Gasteiger partial charge in [0.25, 0.3) is 5.91 Å². The number of aliphatic hydroxyl groups is 4. The average Bonchev–Trinajstić information content (AvgIpc) is 3.12. The molecule has 1 fully saturated rings. The topological polar surface area (TPSA) is 164 Å². The number of aliphatic hydroxyl groups excluding tert-OH is 4. The van der Waals surface area contributed by atoms with Crippen molar-refractivity contribution in [2.75, 3.05) is 6.54 Å². The Morgan fingerprint density at radius 2 is 1.73 bits per heavy atom. The first kappa shape index (κ1) is 19.9. The summed E-state index contributed by atoms with van der Waals surface area (Å²) in [5.74, 6) is -2.63. The Labute approximate surface area is 149 Å². The van der Waals surface area contributed by atoms with Gasteiger partial charge < -0.3 is 30.4 Å². The number of likely N-dealkylation sites (tertiary alicyclic amines) is 1. The number of amides is 1. The summed E-state index contributed by atoms with van der Waals surface area (Å²) in [5.41, 5.74) is 0.729. The first-order valence-electron chi connectivity index (χ1n) is 8.01. The number of hydrogen-bond acceptors (Lipinski definition) is 8. The minimum atomic E-state index is -2.32. The molecule has 0 radical (unpaired) electrons. The van der Waals surface area contributed by atoms with Gasteiger partial charge in [-0.1, -0.05) is 12.2 Å². The number of carboxylic acids is 1. The van der Waals surface area contributed by atoms with Crippen molar-refractivity contribution in [2.24, 2.45) is 0 Å². The van der Waals surface area contributed by atoms with Crippen LogP contribution in [0.3, 0.4) is 0 Å². The summed E-state index contributed by atoms with van der Waals surface area (Å²) in [5, 5.41) is 47.3. The van der Waals surface area contributed by atoms with E-state index in [1.54, 1.807) is 24.5 Å². The fourth-order valence-electron chi connectivity index (χ4n) is 2.72. The number of nitrogens with zero attached hydrogens (tertiary/aromatic N) is 3. The molecule has 5 N–H and O–H groups in total. The number of aromatic nitrogens is 2. The molecule has 5 atom stereocenters. The monoisotopic (exact) mass is 367 g/mol. The summed E-state index contributed by atoms with van der Waals surface area (Å²) in [6, 6.07) is -0.342. The zero-order valence-corrected chi connectivity index (χ0v) is 13.8. The molecule has 0 bridgehead atoms. The summed E-state index contributed by atoms with van der Waals surface area (Å²) in [4.78, 5) is 32.1. The molecule has 10 heteroatoms. The lowest BCUT2D eigenvalue weighted by Crippen LogP contribution is -2.54. The molecule has 1 aromatic rings. The molecule has 2 rings (SSSR count). The smallest absolute Gasteiger partial charge is 0.335 e. The molecule has 1 saturated heterocycles. The predicted octanol–water partition coefficient (Wildman–Crippen LogP) is -1.99. The SMILES string of the molecule is O=C(O)C(O)C(O)C(O)C(O)C(=O)N1CCC[C@@H]1/C=C/c1cncnc1. The van der Waals surface area contributed by atoms with E-state index in [0.29, 0.717) is 19.4 Å². The Hall–Kier alpha value is -2.40. The fourth-order valence-corrected chi connectivity index (χ4v) is 2.72. The van der Waals surface area contributed by atoms with Crippen molar-refractivity contribution in [3.8, 4) is 0 Å². The molecule has 0 aromatic carbocycles. The highest BCUT2D eigenvalue weighted by molar-refractivity contribution is 5.82. The average molecular weight is 367 g/mol. The Balaban J connectivity index is 2.04. The van der Waals surface area contributed by atoms with E-state index in [-0.39, 0.29) is 6.04 Å². The van der Waals surface area contributed by atoms with Crippen LogP contribution in [0.15, 0.2) is 24.8 Å². The van der Waals surface area contributed by atoms with Crippen molar-refractivity contribution in [1.82, 2.24) is 14.9 Å².